The van der Waals surface area contributed by atoms with Gasteiger partial charge in [-0.1, -0.05) is 67.8 Å². The first kappa shape index (κ1) is 24.7. The fourth-order valence-corrected chi connectivity index (χ4v) is 5.53. The maximum absolute atomic E-state index is 12.7. The minimum absolute atomic E-state index is 0.163. The summed E-state index contributed by atoms with van der Waals surface area (Å²) in [5.41, 5.74) is 1.16. The number of thioether (sulfide) groups is 1. The second-order valence-corrected chi connectivity index (χ2v) is 10.7. The van der Waals surface area contributed by atoms with E-state index in [1.165, 1.54) is 37.4 Å². The normalized spacial score (nSPS) is 18.4. The van der Waals surface area contributed by atoms with E-state index in [0.717, 1.165) is 56.7 Å². The Bertz CT molecular complexity index is 938. The van der Waals surface area contributed by atoms with E-state index < -0.39 is 11.3 Å². The number of amides is 3. The Labute approximate surface area is 206 Å². The fourth-order valence-electron chi connectivity index (χ4n) is 4.66. The van der Waals surface area contributed by atoms with E-state index >= 15 is 0 Å². The van der Waals surface area contributed by atoms with E-state index in [0.29, 0.717) is 11.7 Å². The van der Waals surface area contributed by atoms with Crippen molar-refractivity contribution >= 4 is 23.7 Å². The first-order valence-electron chi connectivity index (χ1n) is 12.5. The van der Waals surface area contributed by atoms with Crippen LogP contribution in [0.25, 0.3) is 0 Å². The molecule has 9 heteroatoms. The lowest BCUT2D eigenvalue weighted by Gasteiger charge is -2.26. The summed E-state index contributed by atoms with van der Waals surface area (Å²) in [5, 5.41) is 14.6. The van der Waals surface area contributed by atoms with E-state index in [2.05, 4.69) is 42.4 Å². The summed E-state index contributed by atoms with van der Waals surface area (Å²) in [6.07, 6.45) is 9.15. The SMILES string of the molecule is CC(Sc1nnc(CN2CCCCC2)n1Cc1ccccc1)C(=O)NC(=O)NC1CCCCC1. The van der Waals surface area contributed by atoms with Gasteiger partial charge in [0.25, 0.3) is 0 Å². The zero-order valence-corrected chi connectivity index (χ0v) is 20.9. The molecule has 1 aliphatic carbocycles. The van der Waals surface area contributed by atoms with Crippen LogP contribution in [0.3, 0.4) is 0 Å². The highest BCUT2D eigenvalue weighted by molar-refractivity contribution is 8.00. The molecule has 1 aliphatic heterocycles. The molecule has 1 saturated heterocycles. The topological polar surface area (TPSA) is 92.2 Å². The third kappa shape index (κ3) is 7.06. The molecule has 8 nitrogen and oxygen atoms in total. The predicted octanol–water partition coefficient (Wildman–Crippen LogP) is 3.95. The minimum Gasteiger partial charge on any atom is -0.335 e. The summed E-state index contributed by atoms with van der Waals surface area (Å²) in [6, 6.07) is 9.99. The molecular weight excluding hydrogens is 448 g/mol. The number of aromatic nitrogens is 3. The molecule has 1 aromatic heterocycles. The van der Waals surface area contributed by atoms with E-state index in [-0.39, 0.29) is 11.9 Å². The molecule has 2 aliphatic rings. The zero-order valence-electron chi connectivity index (χ0n) is 20.0. The van der Waals surface area contributed by atoms with Crippen molar-refractivity contribution in [1.82, 2.24) is 30.3 Å². The molecule has 0 radical (unpaired) electrons. The lowest BCUT2D eigenvalue weighted by molar-refractivity contribution is -0.119. The average Bonchev–Trinajstić information content (AvgIpc) is 3.21. The van der Waals surface area contributed by atoms with Gasteiger partial charge in [0.15, 0.2) is 5.16 Å². The van der Waals surface area contributed by atoms with Gasteiger partial charge < -0.3 is 9.88 Å². The minimum atomic E-state index is -0.473. The molecule has 2 heterocycles. The summed E-state index contributed by atoms with van der Waals surface area (Å²) < 4.78 is 2.11. The van der Waals surface area contributed by atoms with Crippen LogP contribution in [0.5, 0.6) is 0 Å². The van der Waals surface area contributed by atoms with Crippen molar-refractivity contribution < 1.29 is 9.59 Å². The smallest absolute Gasteiger partial charge is 0.321 e. The van der Waals surface area contributed by atoms with Gasteiger partial charge >= 0.3 is 6.03 Å². The molecule has 3 amide bonds. The second kappa shape index (κ2) is 12.4. The summed E-state index contributed by atoms with van der Waals surface area (Å²) in [7, 11) is 0. The van der Waals surface area contributed by atoms with Gasteiger partial charge in [-0.05, 0) is 51.3 Å². The Morgan fingerprint density at radius 1 is 1.00 bits per heavy atom. The van der Waals surface area contributed by atoms with Crippen LogP contribution >= 0.6 is 11.8 Å². The number of carbonyl (C=O) groups excluding carboxylic acids is 2. The molecule has 2 N–H and O–H groups in total. The third-order valence-electron chi connectivity index (χ3n) is 6.62. The molecule has 0 bridgehead atoms. The van der Waals surface area contributed by atoms with Crippen LogP contribution in [0.4, 0.5) is 4.79 Å². The number of hydrogen-bond donors (Lipinski definition) is 2. The number of carbonyl (C=O) groups is 2. The van der Waals surface area contributed by atoms with Gasteiger partial charge in [-0.3, -0.25) is 15.0 Å². The van der Waals surface area contributed by atoms with Gasteiger partial charge in [-0.25, -0.2) is 4.79 Å². The Morgan fingerprint density at radius 3 is 2.44 bits per heavy atom. The molecule has 0 spiro atoms. The zero-order chi connectivity index (χ0) is 23.8. The second-order valence-electron chi connectivity index (χ2n) is 9.37. The molecule has 2 fully saturated rings. The number of urea groups is 1. The number of rotatable bonds is 8. The average molecular weight is 485 g/mol. The Balaban J connectivity index is 1.40. The quantitative estimate of drug-likeness (QED) is 0.551. The molecule has 34 heavy (non-hydrogen) atoms. The number of nitrogens with one attached hydrogen (secondary N) is 2. The molecule has 1 aromatic carbocycles. The Kier molecular flexibility index (Phi) is 8.98. The predicted molar refractivity (Wildman–Crippen MR) is 134 cm³/mol. The number of imide groups is 1. The maximum Gasteiger partial charge on any atom is 0.321 e. The molecule has 1 unspecified atom stereocenters. The van der Waals surface area contributed by atoms with Gasteiger partial charge in [0.2, 0.25) is 5.91 Å². The van der Waals surface area contributed by atoms with Crippen LogP contribution in [0.15, 0.2) is 35.5 Å². The van der Waals surface area contributed by atoms with E-state index in [1.807, 2.05) is 18.2 Å². The van der Waals surface area contributed by atoms with Crippen molar-refractivity contribution in [1.29, 1.82) is 0 Å². The third-order valence-corrected chi connectivity index (χ3v) is 7.70. The molecule has 1 atom stereocenters. The first-order valence-corrected chi connectivity index (χ1v) is 13.4. The van der Waals surface area contributed by atoms with Crippen LogP contribution in [0.1, 0.15) is 69.7 Å². The molecular formula is C25H36N6O2S. The first-order chi connectivity index (χ1) is 16.6. The molecule has 1 saturated carbocycles. The van der Waals surface area contributed by atoms with Crippen LogP contribution in [0.2, 0.25) is 0 Å². The molecule has 2 aromatic rings. The summed E-state index contributed by atoms with van der Waals surface area (Å²) in [6.45, 7) is 5.37. The van der Waals surface area contributed by atoms with E-state index in [4.69, 9.17) is 0 Å². The maximum atomic E-state index is 12.7. The van der Waals surface area contributed by atoms with Gasteiger partial charge in [-0.15, -0.1) is 10.2 Å². The number of benzene rings is 1. The van der Waals surface area contributed by atoms with Crippen LogP contribution in [0, 0.1) is 0 Å². The summed E-state index contributed by atoms with van der Waals surface area (Å²) in [5.74, 6) is 0.598. The van der Waals surface area contributed by atoms with Crippen LogP contribution in [-0.4, -0.2) is 56.0 Å². The molecule has 184 valence electrons. The van der Waals surface area contributed by atoms with Crippen molar-refractivity contribution in [3.05, 3.63) is 41.7 Å². The van der Waals surface area contributed by atoms with E-state index in [9.17, 15) is 9.59 Å². The lowest BCUT2D eigenvalue weighted by atomic mass is 9.96. The summed E-state index contributed by atoms with van der Waals surface area (Å²) >= 11 is 1.35. The van der Waals surface area contributed by atoms with Crippen LogP contribution < -0.4 is 10.6 Å². The van der Waals surface area contributed by atoms with Gasteiger partial charge in [0.05, 0.1) is 18.3 Å². The lowest BCUT2D eigenvalue weighted by Crippen LogP contribution is -2.47. The van der Waals surface area contributed by atoms with Crippen LogP contribution in [-0.2, 0) is 17.9 Å². The highest BCUT2D eigenvalue weighted by Crippen LogP contribution is 2.25. The standard InChI is InChI=1S/C25H36N6O2S/c1-19(23(32)27-24(33)26-21-13-7-3-8-14-21)34-25-29-28-22(18-30-15-9-4-10-16-30)31(25)17-20-11-5-2-6-12-20/h2,5-6,11-12,19,21H,3-4,7-10,13-18H2,1H3,(H2,26,27,32,33). The van der Waals surface area contributed by atoms with E-state index in [1.54, 1.807) is 6.92 Å². The van der Waals surface area contributed by atoms with Crippen molar-refractivity contribution in [2.45, 2.75) is 87.8 Å². The van der Waals surface area contributed by atoms with Gasteiger partial charge in [-0.2, -0.15) is 0 Å². The number of piperidine rings is 1. The van der Waals surface area contributed by atoms with Crippen molar-refractivity contribution in [3.63, 3.8) is 0 Å². The fraction of sp³-hybridized carbons (Fsp3) is 0.600. The summed E-state index contributed by atoms with van der Waals surface area (Å²) in [4.78, 5) is 27.5. The number of nitrogens with zero attached hydrogens (tertiary/aromatic N) is 4. The Morgan fingerprint density at radius 2 is 1.71 bits per heavy atom. The number of hydrogen-bond acceptors (Lipinski definition) is 6. The van der Waals surface area contributed by atoms with Crippen molar-refractivity contribution in [3.8, 4) is 0 Å². The van der Waals surface area contributed by atoms with Crippen molar-refractivity contribution in [2.24, 2.45) is 0 Å². The Hall–Kier alpha value is -2.39. The van der Waals surface area contributed by atoms with Gasteiger partial charge in [0.1, 0.15) is 5.82 Å². The van der Waals surface area contributed by atoms with Gasteiger partial charge in [0, 0.05) is 6.04 Å². The number of likely N-dealkylation sites (tertiary alicyclic amines) is 1. The highest BCUT2D eigenvalue weighted by Gasteiger charge is 2.24. The molecule has 4 rings (SSSR count). The largest absolute Gasteiger partial charge is 0.335 e. The van der Waals surface area contributed by atoms with Crippen molar-refractivity contribution in [2.75, 3.05) is 13.1 Å². The highest BCUT2D eigenvalue weighted by atomic mass is 32.2. The monoisotopic (exact) mass is 484 g/mol.